The van der Waals surface area contributed by atoms with Gasteiger partial charge in [0.2, 0.25) is 5.88 Å². The third-order valence-electron chi connectivity index (χ3n) is 2.86. The Balaban J connectivity index is 2.21. The first-order chi connectivity index (χ1) is 10.7. The topological polar surface area (TPSA) is 87.8 Å². The molecule has 0 saturated carbocycles. The third kappa shape index (κ3) is 2.56. The monoisotopic (exact) mass is 318 g/mol. The van der Waals surface area contributed by atoms with Crippen LogP contribution in [0.25, 0.3) is 16.9 Å². The van der Waals surface area contributed by atoms with E-state index in [0.717, 1.165) is 0 Å². The zero-order valence-electron chi connectivity index (χ0n) is 11.8. The molecule has 0 aromatic carbocycles. The van der Waals surface area contributed by atoms with Crippen LogP contribution in [0.4, 0.5) is 0 Å². The zero-order valence-corrected chi connectivity index (χ0v) is 12.5. The molecule has 0 radical (unpaired) electrons. The average Bonchev–Trinajstić information content (AvgIpc) is 3.08. The summed E-state index contributed by atoms with van der Waals surface area (Å²) in [6.45, 7) is 0. The molecule has 0 aliphatic heterocycles. The second-order valence-electron chi connectivity index (χ2n) is 4.13. The molecule has 3 heterocycles. The second kappa shape index (κ2) is 5.94. The summed E-state index contributed by atoms with van der Waals surface area (Å²) in [5.41, 5.74) is 1.68. The molecule has 0 fully saturated rings. The highest BCUT2D eigenvalue weighted by Gasteiger charge is 2.18. The van der Waals surface area contributed by atoms with Crippen LogP contribution in [0, 0.1) is 0 Å². The van der Waals surface area contributed by atoms with Crippen molar-refractivity contribution in [1.29, 1.82) is 0 Å². The van der Waals surface area contributed by atoms with E-state index in [1.807, 2.05) is 0 Å². The van der Waals surface area contributed by atoms with Crippen LogP contribution in [0.2, 0.25) is 5.15 Å². The van der Waals surface area contributed by atoms with Crippen LogP contribution >= 0.6 is 11.6 Å². The minimum atomic E-state index is 0.197. The molecular weight excluding hydrogens is 308 g/mol. The van der Waals surface area contributed by atoms with Crippen molar-refractivity contribution in [2.24, 2.45) is 0 Å². The van der Waals surface area contributed by atoms with E-state index in [2.05, 4.69) is 25.3 Å². The van der Waals surface area contributed by atoms with Crippen LogP contribution in [-0.2, 0) is 0 Å². The Kier molecular flexibility index (Phi) is 3.84. The molecule has 0 unspecified atom stereocenters. The van der Waals surface area contributed by atoms with Crippen molar-refractivity contribution in [1.82, 2.24) is 29.9 Å². The lowest BCUT2D eigenvalue weighted by Crippen LogP contribution is -2.04. The van der Waals surface area contributed by atoms with Crippen molar-refractivity contribution in [2.45, 2.75) is 0 Å². The first-order valence-electron chi connectivity index (χ1n) is 6.21. The molecule has 0 N–H and O–H groups in total. The minimum Gasteiger partial charge on any atom is -0.480 e. The quantitative estimate of drug-likeness (QED) is 0.724. The average molecular weight is 319 g/mol. The summed E-state index contributed by atoms with van der Waals surface area (Å²) in [6.07, 6.45) is 4.98. The first kappa shape index (κ1) is 14.2. The summed E-state index contributed by atoms with van der Waals surface area (Å²) in [6, 6.07) is 3.64. The van der Waals surface area contributed by atoms with E-state index in [0.29, 0.717) is 22.8 Å². The predicted molar refractivity (Wildman–Crippen MR) is 78.3 cm³/mol. The van der Waals surface area contributed by atoms with Crippen molar-refractivity contribution in [3.63, 3.8) is 0 Å². The lowest BCUT2D eigenvalue weighted by atomic mass is 10.2. The minimum absolute atomic E-state index is 0.197. The molecule has 0 amide bonds. The van der Waals surface area contributed by atoms with Gasteiger partial charge in [-0.2, -0.15) is 10.1 Å². The molecule has 0 saturated heterocycles. The van der Waals surface area contributed by atoms with Crippen LogP contribution in [0.3, 0.4) is 0 Å². The fourth-order valence-electron chi connectivity index (χ4n) is 1.90. The maximum absolute atomic E-state index is 5.95. The fourth-order valence-corrected chi connectivity index (χ4v) is 2.05. The van der Waals surface area contributed by atoms with E-state index in [9.17, 15) is 0 Å². The maximum atomic E-state index is 5.95. The van der Waals surface area contributed by atoms with Gasteiger partial charge in [0.25, 0.3) is 0 Å². The summed E-state index contributed by atoms with van der Waals surface area (Å²) in [5, 5.41) is 12.4. The van der Waals surface area contributed by atoms with Crippen molar-refractivity contribution in [3.05, 3.63) is 35.9 Å². The molecular formula is C13H11ClN6O2. The van der Waals surface area contributed by atoms with E-state index < -0.39 is 0 Å². The van der Waals surface area contributed by atoms with Gasteiger partial charge in [-0.05, 0) is 6.07 Å². The van der Waals surface area contributed by atoms with Gasteiger partial charge in [-0.1, -0.05) is 11.6 Å². The molecule has 22 heavy (non-hydrogen) atoms. The summed E-state index contributed by atoms with van der Waals surface area (Å²) in [5.74, 6) is 0.317. The fraction of sp³-hybridized carbons (Fsp3) is 0.154. The van der Waals surface area contributed by atoms with Gasteiger partial charge >= 0.3 is 6.01 Å². The Labute approximate surface area is 130 Å². The molecule has 3 aromatic heterocycles. The van der Waals surface area contributed by atoms with Crippen molar-refractivity contribution in [3.8, 4) is 28.8 Å². The zero-order chi connectivity index (χ0) is 15.5. The van der Waals surface area contributed by atoms with E-state index in [1.165, 1.54) is 14.2 Å². The number of nitrogens with zero attached hydrogens (tertiary/aromatic N) is 6. The molecule has 0 bridgehead atoms. The number of rotatable bonds is 4. The van der Waals surface area contributed by atoms with E-state index >= 15 is 0 Å². The van der Waals surface area contributed by atoms with Crippen LogP contribution in [0.15, 0.2) is 30.7 Å². The Bertz CT molecular complexity index is 793. The molecule has 3 aromatic rings. The number of hydrogen-bond acceptors (Lipinski definition) is 7. The van der Waals surface area contributed by atoms with Gasteiger partial charge in [-0.15, -0.1) is 10.2 Å². The number of hydrogen-bond donors (Lipinski definition) is 0. The molecule has 9 heteroatoms. The number of methoxy groups -OCH3 is 2. The van der Waals surface area contributed by atoms with Crippen LogP contribution in [0.5, 0.6) is 11.9 Å². The molecule has 0 spiro atoms. The Hall–Kier alpha value is -2.74. The van der Waals surface area contributed by atoms with Gasteiger partial charge in [0, 0.05) is 24.7 Å². The highest BCUT2D eigenvalue weighted by molar-refractivity contribution is 6.29. The molecule has 112 valence electrons. The van der Waals surface area contributed by atoms with E-state index in [1.54, 1.807) is 35.4 Å². The van der Waals surface area contributed by atoms with Crippen molar-refractivity contribution in [2.75, 3.05) is 14.2 Å². The second-order valence-corrected chi connectivity index (χ2v) is 4.52. The van der Waals surface area contributed by atoms with Gasteiger partial charge in [0.15, 0.2) is 5.15 Å². The maximum Gasteiger partial charge on any atom is 0.319 e. The highest BCUT2D eigenvalue weighted by atomic mass is 35.5. The predicted octanol–water partition coefficient (Wildman–Crippen LogP) is 1.79. The smallest absolute Gasteiger partial charge is 0.319 e. The van der Waals surface area contributed by atoms with Crippen molar-refractivity contribution < 1.29 is 9.47 Å². The third-order valence-corrected chi connectivity index (χ3v) is 3.04. The van der Waals surface area contributed by atoms with Crippen LogP contribution in [-0.4, -0.2) is 44.2 Å². The molecule has 3 rings (SSSR count). The van der Waals surface area contributed by atoms with Crippen LogP contribution < -0.4 is 9.47 Å². The molecule has 0 aliphatic rings. The van der Waals surface area contributed by atoms with Crippen LogP contribution in [0.1, 0.15) is 0 Å². The largest absolute Gasteiger partial charge is 0.480 e. The summed E-state index contributed by atoms with van der Waals surface area (Å²) < 4.78 is 11.9. The summed E-state index contributed by atoms with van der Waals surface area (Å²) in [4.78, 5) is 8.23. The Morgan fingerprint density at radius 1 is 1.18 bits per heavy atom. The number of halogens is 1. The standard InChI is InChI=1S/C13H11ClN6O2/c1-21-12-8(7-15-13(17-12)22-2)11-9(6-10(14)18-19-11)20-5-3-4-16-20/h3-7H,1-2H3. The van der Waals surface area contributed by atoms with Gasteiger partial charge in [0.05, 0.1) is 25.5 Å². The number of aromatic nitrogens is 6. The molecule has 0 aliphatic carbocycles. The van der Waals surface area contributed by atoms with Gasteiger partial charge in [0.1, 0.15) is 5.69 Å². The van der Waals surface area contributed by atoms with Gasteiger partial charge in [-0.25, -0.2) is 9.67 Å². The Morgan fingerprint density at radius 2 is 2.05 bits per heavy atom. The number of ether oxygens (including phenoxy) is 2. The van der Waals surface area contributed by atoms with E-state index in [4.69, 9.17) is 21.1 Å². The van der Waals surface area contributed by atoms with E-state index in [-0.39, 0.29) is 11.2 Å². The molecule has 8 nitrogen and oxygen atoms in total. The summed E-state index contributed by atoms with van der Waals surface area (Å²) in [7, 11) is 2.98. The lowest BCUT2D eigenvalue weighted by Gasteiger charge is -2.11. The molecule has 0 atom stereocenters. The highest BCUT2D eigenvalue weighted by Crippen LogP contribution is 2.31. The normalized spacial score (nSPS) is 10.5. The lowest BCUT2D eigenvalue weighted by molar-refractivity contribution is 0.353. The van der Waals surface area contributed by atoms with Crippen molar-refractivity contribution >= 4 is 11.6 Å². The SMILES string of the molecule is COc1ncc(-c2nnc(Cl)cc2-n2cccn2)c(OC)n1. The summed E-state index contributed by atoms with van der Waals surface area (Å²) >= 11 is 5.95. The first-order valence-corrected chi connectivity index (χ1v) is 6.59. The van der Waals surface area contributed by atoms with Gasteiger partial charge < -0.3 is 9.47 Å². The van der Waals surface area contributed by atoms with Gasteiger partial charge in [-0.3, -0.25) is 0 Å². The Morgan fingerprint density at radius 3 is 2.73 bits per heavy atom.